The molecule has 1 amide bonds. The molecule has 3 heterocycles. The van der Waals surface area contributed by atoms with Gasteiger partial charge in [0.05, 0.1) is 38.8 Å². The molecule has 0 radical (unpaired) electrons. The molecule has 2 fully saturated rings. The Kier molecular flexibility index (Phi) is 7.56. The molecule has 2 saturated heterocycles. The van der Waals surface area contributed by atoms with Gasteiger partial charge in [-0.2, -0.15) is 0 Å². The summed E-state index contributed by atoms with van der Waals surface area (Å²) in [6, 6.07) is 0. The van der Waals surface area contributed by atoms with Crippen LogP contribution in [0.3, 0.4) is 0 Å². The van der Waals surface area contributed by atoms with Gasteiger partial charge in [-0.1, -0.05) is 0 Å². The minimum Gasteiger partial charge on any atom is -0.379 e. The molecule has 2 aliphatic rings. The predicted octanol–water partition coefficient (Wildman–Crippen LogP) is -0.717. The third kappa shape index (κ3) is 6.17. The average Bonchev–Trinajstić information content (AvgIpc) is 2.70. The second kappa shape index (κ2) is 10.4. The van der Waals surface area contributed by atoms with Crippen LogP contribution in [-0.2, 0) is 9.47 Å². The third-order valence-electron chi connectivity index (χ3n) is 4.54. The highest BCUT2D eigenvalue weighted by Crippen LogP contribution is 2.02. The summed E-state index contributed by atoms with van der Waals surface area (Å²) in [7, 11) is 0. The molecule has 0 spiro atoms. The first kappa shape index (κ1) is 19.0. The van der Waals surface area contributed by atoms with Gasteiger partial charge in [0.2, 0.25) is 0 Å². The number of ether oxygens (including phenoxy) is 2. The SMILES string of the molecule is O=C(NCCN1CCOCC1)c1cnc(NCCN2CCOCC2)cn1. The zero-order valence-corrected chi connectivity index (χ0v) is 15.2. The van der Waals surface area contributed by atoms with E-state index in [-0.39, 0.29) is 5.91 Å². The summed E-state index contributed by atoms with van der Waals surface area (Å²) >= 11 is 0. The number of carbonyl (C=O) groups excluding carboxylic acids is 1. The van der Waals surface area contributed by atoms with Crippen molar-refractivity contribution in [2.24, 2.45) is 0 Å². The van der Waals surface area contributed by atoms with Crippen molar-refractivity contribution in [3.05, 3.63) is 18.1 Å². The number of anilines is 1. The van der Waals surface area contributed by atoms with Crippen molar-refractivity contribution in [3.8, 4) is 0 Å². The molecule has 26 heavy (non-hydrogen) atoms. The molecule has 0 unspecified atom stereocenters. The van der Waals surface area contributed by atoms with Crippen molar-refractivity contribution in [2.45, 2.75) is 0 Å². The fraction of sp³-hybridized carbons (Fsp3) is 0.706. The van der Waals surface area contributed by atoms with E-state index in [1.54, 1.807) is 6.20 Å². The van der Waals surface area contributed by atoms with Crippen LogP contribution in [0.1, 0.15) is 10.5 Å². The van der Waals surface area contributed by atoms with Gasteiger partial charge in [0, 0.05) is 52.4 Å². The second-order valence-electron chi connectivity index (χ2n) is 6.38. The molecule has 1 aromatic rings. The topological polar surface area (TPSA) is 91.9 Å². The van der Waals surface area contributed by atoms with Gasteiger partial charge >= 0.3 is 0 Å². The van der Waals surface area contributed by atoms with Gasteiger partial charge in [-0.15, -0.1) is 0 Å². The molecule has 1 aromatic heterocycles. The number of aromatic nitrogens is 2. The van der Waals surface area contributed by atoms with Crippen molar-refractivity contribution in [2.75, 3.05) is 84.1 Å². The summed E-state index contributed by atoms with van der Waals surface area (Å²) in [6.07, 6.45) is 3.12. The van der Waals surface area contributed by atoms with Crippen LogP contribution < -0.4 is 10.6 Å². The standard InChI is InChI=1S/C17H28N6O3/c24-17(19-2-4-23-7-11-26-12-8-23)15-13-21-16(14-20-15)18-1-3-22-5-9-25-10-6-22/h13-14H,1-12H2,(H,18,21)(H,19,24). The van der Waals surface area contributed by atoms with Gasteiger partial charge in [-0.25, -0.2) is 9.97 Å². The Hall–Kier alpha value is -1.81. The first-order valence-corrected chi connectivity index (χ1v) is 9.25. The summed E-state index contributed by atoms with van der Waals surface area (Å²) in [6.45, 7) is 10.1. The van der Waals surface area contributed by atoms with E-state index >= 15 is 0 Å². The number of hydrogen-bond acceptors (Lipinski definition) is 8. The van der Waals surface area contributed by atoms with E-state index in [9.17, 15) is 4.79 Å². The highest BCUT2D eigenvalue weighted by atomic mass is 16.5. The van der Waals surface area contributed by atoms with Crippen molar-refractivity contribution < 1.29 is 14.3 Å². The van der Waals surface area contributed by atoms with Crippen LogP contribution in [-0.4, -0.2) is 104 Å². The van der Waals surface area contributed by atoms with Gasteiger partial charge in [0.1, 0.15) is 11.5 Å². The van der Waals surface area contributed by atoms with Crippen LogP contribution in [0.2, 0.25) is 0 Å². The zero-order chi connectivity index (χ0) is 18.0. The fourth-order valence-electron chi connectivity index (χ4n) is 2.95. The van der Waals surface area contributed by atoms with Crippen molar-refractivity contribution in [1.29, 1.82) is 0 Å². The Morgan fingerprint density at radius 1 is 0.923 bits per heavy atom. The van der Waals surface area contributed by atoms with Crippen LogP contribution in [0.4, 0.5) is 5.82 Å². The van der Waals surface area contributed by atoms with E-state index in [1.165, 1.54) is 6.20 Å². The average molecular weight is 364 g/mol. The van der Waals surface area contributed by atoms with E-state index in [0.29, 0.717) is 18.1 Å². The Labute approximate surface area is 154 Å². The zero-order valence-electron chi connectivity index (χ0n) is 15.2. The fourth-order valence-corrected chi connectivity index (χ4v) is 2.95. The molecule has 0 saturated carbocycles. The van der Waals surface area contributed by atoms with Crippen LogP contribution in [0.5, 0.6) is 0 Å². The quantitative estimate of drug-likeness (QED) is 0.625. The number of rotatable bonds is 8. The monoisotopic (exact) mass is 364 g/mol. The van der Waals surface area contributed by atoms with Gasteiger partial charge in [-0.3, -0.25) is 14.6 Å². The van der Waals surface area contributed by atoms with Crippen LogP contribution in [0.25, 0.3) is 0 Å². The minimum atomic E-state index is -0.189. The number of nitrogens with one attached hydrogen (secondary N) is 2. The van der Waals surface area contributed by atoms with E-state index in [0.717, 1.165) is 72.2 Å². The number of amides is 1. The second-order valence-corrected chi connectivity index (χ2v) is 6.38. The summed E-state index contributed by atoms with van der Waals surface area (Å²) in [5.74, 6) is 0.494. The first-order valence-electron chi connectivity index (χ1n) is 9.25. The third-order valence-corrected chi connectivity index (χ3v) is 4.54. The summed E-state index contributed by atoms with van der Waals surface area (Å²) < 4.78 is 10.6. The van der Waals surface area contributed by atoms with Crippen LogP contribution >= 0.6 is 0 Å². The molecule has 9 heteroatoms. The maximum atomic E-state index is 12.1. The molecule has 0 bridgehead atoms. The summed E-state index contributed by atoms with van der Waals surface area (Å²) in [4.78, 5) is 25.2. The van der Waals surface area contributed by atoms with Crippen molar-refractivity contribution >= 4 is 11.7 Å². The predicted molar refractivity (Wildman–Crippen MR) is 97.4 cm³/mol. The molecule has 3 rings (SSSR count). The maximum absolute atomic E-state index is 12.1. The molecule has 0 aromatic carbocycles. The normalized spacial score (nSPS) is 19.2. The van der Waals surface area contributed by atoms with Gasteiger partial charge in [0.25, 0.3) is 5.91 Å². The first-order chi connectivity index (χ1) is 12.8. The van der Waals surface area contributed by atoms with Crippen molar-refractivity contribution in [1.82, 2.24) is 25.1 Å². The van der Waals surface area contributed by atoms with E-state index in [1.807, 2.05) is 0 Å². The highest BCUT2D eigenvalue weighted by Gasteiger charge is 2.12. The number of morpholine rings is 2. The maximum Gasteiger partial charge on any atom is 0.271 e. The lowest BCUT2D eigenvalue weighted by atomic mass is 10.4. The Morgan fingerprint density at radius 2 is 1.54 bits per heavy atom. The van der Waals surface area contributed by atoms with Gasteiger partial charge < -0.3 is 20.1 Å². The Bertz CT molecular complexity index is 544. The molecular weight excluding hydrogens is 336 g/mol. The summed E-state index contributed by atoms with van der Waals surface area (Å²) in [5, 5.41) is 6.13. The van der Waals surface area contributed by atoms with Crippen LogP contribution in [0.15, 0.2) is 12.4 Å². The molecule has 2 aliphatic heterocycles. The van der Waals surface area contributed by atoms with Gasteiger partial charge in [0.15, 0.2) is 0 Å². The van der Waals surface area contributed by atoms with Gasteiger partial charge in [-0.05, 0) is 0 Å². The molecule has 0 atom stereocenters. The highest BCUT2D eigenvalue weighted by molar-refractivity contribution is 5.91. The summed E-state index contributed by atoms with van der Waals surface area (Å²) in [5.41, 5.74) is 0.339. The number of hydrogen-bond donors (Lipinski definition) is 2. The molecular formula is C17H28N6O3. The number of nitrogens with zero attached hydrogens (tertiary/aromatic N) is 4. The lowest BCUT2D eigenvalue weighted by Crippen LogP contribution is -2.41. The minimum absolute atomic E-state index is 0.189. The van der Waals surface area contributed by atoms with E-state index in [2.05, 4.69) is 30.4 Å². The molecule has 144 valence electrons. The smallest absolute Gasteiger partial charge is 0.271 e. The molecule has 9 nitrogen and oxygen atoms in total. The Morgan fingerprint density at radius 3 is 2.12 bits per heavy atom. The molecule has 2 N–H and O–H groups in total. The Balaban J connectivity index is 1.34. The lowest BCUT2D eigenvalue weighted by Gasteiger charge is -2.26. The largest absolute Gasteiger partial charge is 0.379 e. The van der Waals surface area contributed by atoms with Crippen LogP contribution in [0, 0.1) is 0 Å². The lowest BCUT2D eigenvalue weighted by molar-refractivity contribution is 0.0383. The van der Waals surface area contributed by atoms with Crippen molar-refractivity contribution in [3.63, 3.8) is 0 Å². The molecule has 0 aliphatic carbocycles. The number of carbonyl (C=O) groups is 1. The van der Waals surface area contributed by atoms with E-state index < -0.39 is 0 Å². The van der Waals surface area contributed by atoms with E-state index in [4.69, 9.17) is 9.47 Å².